The maximum atomic E-state index is 14.0. The highest BCUT2D eigenvalue weighted by Crippen LogP contribution is 2.32. The van der Waals surface area contributed by atoms with Gasteiger partial charge in [0.15, 0.2) is 0 Å². The Balaban J connectivity index is 2.39. The van der Waals surface area contributed by atoms with Crippen LogP contribution in [0, 0.1) is 12.7 Å². The van der Waals surface area contributed by atoms with Crippen molar-refractivity contribution < 1.29 is 9.13 Å². The number of ether oxygens (including phenoxy) is 1. The van der Waals surface area contributed by atoms with Gasteiger partial charge in [-0.2, -0.15) is 0 Å². The van der Waals surface area contributed by atoms with E-state index in [1.807, 2.05) is 25.1 Å². The van der Waals surface area contributed by atoms with Crippen molar-refractivity contribution in [3.8, 4) is 5.75 Å². The lowest BCUT2D eigenvalue weighted by atomic mass is 9.90. The van der Waals surface area contributed by atoms with Crippen molar-refractivity contribution in [3.63, 3.8) is 0 Å². The molecule has 0 spiro atoms. The Morgan fingerprint density at radius 1 is 1.29 bits per heavy atom. The second kappa shape index (κ2) is 6.92. The summed E-state index contributed by atoms with van der Waals surface area (Å²) in [4.78, 5) is 0. The summed E-state index contributed by atoms with van der Waals surface area (Å²) in [7, 11) is 1.62. The summed E-state index contributed by atoms with van der Waals surface area (Å²) in [5.41, 5.74) is 8.50. The van der Waals surface area contributed by atoms with Gasteiger partial charge in [0, 0.05) is 16.5 Å². The molecule has 0 saturated carbocycles. The van der Waals surface area contributed by atoms with Crippen LogP contribution in [-0.4, -0.2) is 13.7 Å². The molecule has 0 heterocycles. The van der Waals surface area contributed by atoms with Crippen LogP contribution < -0.4 is 10.5 Å². The molecule has 0 amide bonds. The zero-order valence-corrected chi connectivity index (χ0v) is 13.0. The molecule has 0 aromatic heterocycles. The fraction of sp³-hybridized carbons (Fsp3) is 0.294. The van der Waals surface area contributed by atoms with E-state index in [9.17, 15) is 4.39 Å². The molecular formula is C17H19ClFNO. The van der Waals surface area contributed by atoms with Crippen molar-refractivity contribution in [1.29, 1.82) is 0 Å². The van der Waals surface area contributed by atoms with E-state index in [4.69, 9.17) is 22.1 Å². The monoisotopic (exact) mass is 307 g/mol. The van der Waals surface area contributed by atoms with Crippen LogP contribution in [0.1, 0.15) is 22.6 Å². The highest BCUT2D eigenvalue weighted by Gasteiger charge is 2.19. The second-order valence-corrected chi connectivity index (χ2v) is 5.49. The highest BCUT2D eigenvalue weighted by molar-refractivity contribution is 6.31. The maximum absolute atomic E-state index is 14.0. The van der Waals surface area contributed by atoms with Crippen molar-refractivity contribution >= 4 is 11.6 Å². The molecule has 0 aliphatic rings. The van der Waals surface area contributed by atoms with Crippen LogP contribution in [0.15, 0.2) is 36.4 Å². The largest absolute Gasteiger partial charge is 0.496 e. The smallest absolute Gasteiger partial charge is 0.127 e. The molecule has 0 bridgehead atoms. The van der Waals surface area contributed by atoms with Gasteiger partial charge in [0.25, 0.3) is 0 Å². The minimum atomic E-state index is -0.299. The first-order valence-electron chi connectivity index (χ1n) is 6.84. The van der Waals surface area contributed by atoms with Gasteiger partial charge in [0.2, 0.25) is 0 Å². The van der Waals surface area contributed by atoms with Crippen LogP contribution in [-0.2, 0) is 6.42 Å². The molecule has 0 fully saturated rings. The zero-order valence-electron chi connectivity index (χ0n) is 12.2. The molecule has 2 aromatic rings. The molecule has 4 heteroatoms. The second-order valence-electron chi connectivity index (χ2n) is 5.08. The van der Waals surface area contributed by atoms with Gasteiger partial charge < -0.3 is 10.5 Å². The van der Waals surface area contributed by atoms with Crippen molar-refractivity contribution in [2.75, 3.05) is 13.7 Å². The van der Waals surface area contributed by atoms with Gasteiger partial charge in [-0.25, -0.2) is 4.39 Å². The van der Waals surface area contributed by atoms with Crippen LogP contribution in [0.3, 0.4) is 0 Å². The number of halogens is 2. The van der Waals surface area contributed by atoms with Crippen LogP contribution in [0.25, 0.3) is 0 Å². The summed E-state index contributed by atoms with van der Waals surface area (Å²) in [6.07, 6.45) is 0.446. The van der Waals surface area contributed by atoms with Gasteiger partial charge in [-0.3, -0.25) is 0 Å². The zero-order chi connectivity index (χ0) is 15.4. The van der Waals surface area contributed by atoms with E-state index < -0.39 is 0 Å². The number of hydrogen-bond donors (Lipinski definition) is 1. The van der Waals surface area contributed by atoms with E-state index in [0.717, 1.165) is 16.9 Å². The fourth-order valence-corrected chi connectivity index (χ4v) is 2.71. The van der Waals surface area contributed by atoms with Crippen molar-refractivity contribution in [1.82, 2.24) is 0 Å². The molecule has 2 N–H and O–H groups in total. The van der Waals surface area contributed by atoms with Crippen LogP contribution >= 0.6 is 11.6 Å². The third-order valence-corrected chi connectivity index (χ3v) is 3.98. The number of benzene rings is 2. The van der Waals surface area contributed by atoms with Crippen LogP contribution in [0.5, 0.6) is 5.75 Å². The lowest BCUT2D eigenvalue weighted by Gasteiger charge is -2.20. The molecule has 2 nitrogen and oxygen atoms in total. The standard InChI is InChI=1S/C17H19ClFNO/c1-11-6-7-17(21-2)13(8-11)12(10-20)9-14-15(18)4-3-5-16(14)19/h3-8,12H,9-10,20H2,1-2H3. The van der Waals surface area contributed by atoms with Crippen molar-refractivity contribution in [2.45, 2.75) is 19.3 Å². The normalized spacial score (nSPS) is 12.2. The molecule has 0 saturated heterocycles. The predicted octanol–water partition coefficient (Wildman–Crippen LogP) is 4.08. The summed E-state index contributed by atoms with van der Waals surface area (Å²) in [6, 6.07) is 10.6. The minimum absolute atomic E-state index is 0.0470. The first-order valence-corrected chi connectivity index (χ1v) is 7.22. The minimum Gasteiger partial charge on any atom is -0.496 e. The first kappa shape index (κ1) is 15.8. The molecule has 0 aliphatic carbocycles. The summed E-state index contributed by atoms with van der Waals surface area (Å²) in [6.45, 7) is 2.40. The quantitative estimate of drug-likeness (QED) is 0.903. The van der Waals surface area contributed by atoms with Gasteiger partial charge in [0.05, 0.1) is 7.11 Å². The molecule has 2 aromatic carbocycles. The molecule has 2 rings (SSSR count). The van der Waals surface area contributed by atoms with E-state index in [0.29, 0.717) is 23.6 Å². The Kier molecular flexibility index (Phi) is 5.21. The third-order valence-electron chi connectivity index (χ3n) is 3.62. The van der Waals surface area contributed by atoms with Crippen molar-refractivity contribution in [3.05, 3.63) is 63.9 Å². The number of nitrogens with two attached hydrogens (primary N) is 1. The number of aryl methyl sites for hydroxylation is 1. The molecule has 0 radical (unpaired) electrons. The highest BCUT2D eigenvalue weighted by atomic mass is 35.5. The Hall–Kier alpha value is -1.58. The van der Waals surface area contributed by atoms with Gasteiger partial charge in [-0.05, 0) is 43.7 Å². The van der Waals surface area contributed by atoms with Crippen LogP contribution in [0.2, 0.25) is 5.02 Å². The Morgan fingerprint density at radius 2 is 2.05 bits per heavy atom. The Morgan fingerprint density at radius 3 is 2.67 bits per heavy atom. The Bertz CT molecular complexity index is 610. The van der Waals surface area contributed by atoms with Crippen molar-refractivity contribution in [2.24, 2.45) is 5.73 Å². The van der Waals surface area contributed by atoms with E-state index in [-0.39, 0.29) is 11.7 Å². The number of hydrogen-bond acceptors (Lipinski definition) is 2. The Labute approximate surface area is 129 Å². The molecule has 112 valence electrons. The van der Waals surface area contributed by atoms with E-state index in [1.54, 1.807) is 19.2 Å². The molecule has 21 heavy (non-hydrogen) atoms. The lowest BCUT2D eigenvalue weighted by Crippen LogP contribution is -2.17. The summed E-state index contributed by atoms with van der Waals surface area (Å²) >= 11 is 6.11. The van der Waals surface area contributed by atoms with Crippen LogP contribution in [0.4, 0.5) is 4.39 Å². The number of methoxy groups -OCH3 is 1. The summed E-state index contributed by atoms with van der Waals surface area (Å²) < 4.78 is 19.4. The first-order chi connectivity index (χ1) is 10.1. The van der Waals surface area contributed by atoms with Gasteiger partial charge in [-0.15, -0.1) is 0 Å². The molecule has 1 atom stereocenters. The molecule has 1 unspecified atom stereocenters. The predicted molar refractivity (Wildman–Crippen MR) is 84.6 cm³/mol. The van der Waals surface area contributed by atoms with E-state index in [2.05, 4.69) is 0 Å². The fourth-order valence-electron chi connectivity index (χ4n) is 2.47. The SMILES string of the molecule is COc1ccc(C)cc1C(CN)Cc1c(F)cccc1Cl. The molecule has 0 aliphatic heterocycles. The van der Waals surface area contributed by atoms with E-state index >= 15 is 0 Å². The van der Waals surface area contributed by atoms with Gasteiger partial charge in [0.1, 0.15) is 11.6 Å². The average Bonchev–Trinajstić information content (AvgIpc) is 2.47. The number of rotatable bonds is 5. The average molecular weight is 308 g/mol. The maximum Gasteiger partial charge on any atom is 0.127 e. The van der Waals surface area contributed by atoms with Gasteiger partial charge >= 0.3 is 0 Å². The van der Waals surface area contributed by atoms with Gasteiger partial charge in [-0.1, -0.05) is 35.4 Å². The lowest BCUT2D eigenvalue weighted by molar-refractivity contribution is 0.405. The van der Waals surface area contributed by atoms with E-state index in [1.165, 1.54) is 6.07 Å². The third kappa shape index (κ3) is 3.55. The topological polar surface area (TPSA) is 35.2 Å². The molecular weight excluding hydrogens is 289 g/mol. The summed E-state index contributed by atoms with van der Waals surface area (Å²) in [5.74, 6) is 0.422. The summed E-state index contributed by atoms with van der Waals surface area (Å²) in [5, 5.41) is 0.431.